The molecule has 0 bridgehead atoms. The number of rotatable bonds is 2. The number of nitrogens with one attached hydrogen (secondary N) is 2. The van der Waals surface area contributed by atoms with Crippen molar-refractivity contribution in [3.05, 3.63) is 59.7 Å². The zero-order chi connectivity index (χ0) is 13.0. The third kappa shape index (κ3) is 3.31. The Balaban J connectivity index is 2.03. The lowest BCUT2D eigenvalue weighted by Crippen LogP contribution is -2.19. The van der Waals surface area contributed by atoms with E-state index in [1.807, 2.05) is 36.4 Å². The van der Waals surface area contributed by atoms with Gasteiger partial charge in [0, 0.05) is 11.4 Å². The van der Waals surface area contributed by atoms with Crippen LogP contribution in [-0.2, 0) is 0 Å². The molecule has 0 fully saturated rings. The number of anilines is 2. The summed E-state index contributed by atoms with van der Waals surface area (Å²) in [5.74, 6) is 0. The monoisotopic (exact) mass is 256 g/mol. The van der Waals surface area contributed by atoms with Gasteiger partial charge >= 0.3 is 0 Å². The molecule has 2 aromatic carbocycles. The smallest absolute Gasteiger partial charge is 0.175 e. The molecule has 3 heteroatoms. The summed E-state index contributed by atoms with van der Waals surface area (Å²) in [6.45, 7) is 4.15. The van der Waals surface area contributed by atoms with Gasteiger partial charge in [0.2, 0.25) is 0 Å². The van der Waals surface area contributed by atoms with Crippen molar-refractivity contribution in [2.24, 2.45) is 0 Å². The van der Waals surface area contributed by atoms with Gasteiger partial charge in [0.05, 0.1) is 0 Å². The van der Waals surface area contributed by atoms with Crippen molar-refractivity contribution in [2.75, 3.05) is 10.6 Å². The highest BCUT2D eigenvalue weighted by Gasteiger charge is 2.01. The van der Waals surface area contributed by atoms with Crippen LogP contribution in [0.4, 0.5) is 11.4 Å². The average Bonchev–Trinajstić information content (AvgIpc) is 2.34. The predicted molar refractivity (Wildman–Crippen MR) is 82.2 cm³/mol. The fourth-order valence-electron chi connectivity index (χ4n) is 1.76. The summed E-state index contributed by atoms with van der Waals surface area (Å²) in [6.07, 6.45) is 0. The Morgan fingerprint density at radius 2 is 1.67 bits per heavy atom. The Morgan fingerprint density at radius 3 is 2.33 bits per heavy atom. The van der Waals surface area contributed by atoms with Gasteiger partial charge in [-0.15, -0.1) is 0 Å². The summed E-state index contributed by atoms with van der Waals surface area (Å²) in [4.78, 5) is 0. The normalized spacial score (nSPS) is 9.89. The molecule has 0 spiro atoms. The highest BCUT2D eigenvalue weighted by atomic mass is 32.1. The Bertz CT molecular complexity index is 550. The quantitative estimate of drug-likeness (QED) is 0.791. The van der Waals surface area contributed by atoms with Gasteiger partial charge in [-0.25, -0.2) is 0 Å². The average molecular weight is 256 g/mol. The van der Waals surface area contributed by atoms with Crippen LogP contribution in [0.3, 0.4) is 0 Å². The van der Waals surface area contributed by atoms with E-state index in [9.17, 15) is 0 Å². The molecule has 2 N–H and O–H groups in total. The van der Waals surface area contributed by atoms with Gasteiger partial charge in [-0.05, 0) is 49.8 Å². The van der Waals surface area contributed by atoms with Gasteiger partial charge in [0.1, 0.15) is 0 Å². The molecule has 0 amide bonds. The minimum absolute atomic E-state index is 0.605. The van der Waals surface area contributed by atoms with Crippen LogP contribution in [0.15, 0.2) is 48.5 Å². The maximum Gasteiger partial charge on any atom is 0.175 e. The van der Waals surface area contributed by atoms with Crippen LogP contribution < -0.4 is 10.6 Å². The first kappa shape index (κ1) is 12.6. The van der Waals surface area contributed by atoms with Crippen LogP contribution in [0.5, 0.6) is 0 Å². The molecule has 0 aliphatic carbocycles. The Kier molecular flexibility index (Phi) is 3.95. The van der Waals surface area contributed by atoms with Crippen LogP contribution in [0.2, 0.25) is 0 Å². The van der Waals surface area contributed by atoms with Crippen molar-refractivity contribution in [1.82, 2.24) is 0 Å². The third-order valence-corrected chi connectivity index (χ3v) is 2.87. The lowest BCUT2D eigenvalue weighted by atomic mass is 10.1. The number of hydrogen-bond acceptors (Lipinski definition) is 1. The minimum atomic E-state index is 0.605. The first-order valence-electron chi connectivity index (χ1n) is 5.85. The first-order chi connectivity index (χ1) is 8.65. The number of hydrogen-bond donors (Lipinski definition) is 2. The summed E-state index contributed by atoms with van der Waals surface area (Å²) in [6, 6.07) is 16.1. The second-order valence-corrected chi connectivity index (χ2v) is 4.67. The number of thiocarbonyl (C=S) groups is 1. The predicted octanol–water partition coefficient (Wildman–Crippen LogP) is 4.11. The summed E-state index contributed by atoms with van der Waals surface area (Å²) in [5.41, 5.74) is 4.46. The van der Waals surface area contributed by atoms with Crippen molar-refractivity contribution in [2.45, 2.75) is 13.8 Å². The molecule has 0 aliphatic heterocycles. The van der Waals surface area contributed by atoms with Crippen molar-refractivity contribution >= 4 is 28.7 Å². The molecule has 0 aliphatic rings. The van der Waals surface area contributed by atoms with E-state index in [2.05, 4.69) is 36.6 Å². The van der Waals surface area contributed by atoms with E-state index in [0.29, 0.717) is 5.11 Å². The van der Waals surface area contributed by atoms with Gasteiger partial charge in [-0.1, -0.05) is 35.9 Å². The SMILES string of the molecule is Cc1ccc(NC(=S)Nc2ccccc2)c(C)c1. The lowest BCUT2D eigenvalue weighted by molar-refractivity contribution is 1.38. The number of aryl methyl sites for hydroxylation is 2. The Labute approximate surface area is 113 Å². The van der Waals surface area contributed by atoms with Crippen molar-refractivity contribution in [1.29, 1.82) is 0 Å². The molecule has 0 radical (unpaired) electrons. The third-order valence-electron chi connectivity index (χ3n) is 2.66. The summed E-state index contributed by atoms with van der Waals surface area (Å²) < 4.78 is 0. The van der Waals surface area contributed by atoms with Crippen LogP contribution in [-0.4, -0.2) is 5.11 Å². The number of para-hydroxylation sites is 1. The highest BCUT2D eigenvalue weighted by Crippen LogP contribution is 2.16. The lowest BCUT2D eigenvalue weighted by Gasteiger charge is -2.12. The van der Waals surface area contributed by atoms with Crippen molar-refractivity contribution in [3.8, 4) is 0 Å². The van der Waals surface area contributed by atoms with Crippen LogP contribution in [0, 0.1) is 13.8 Å². The topological polar surface area (TPSA) is 24.1 Å². The summed E-state index contributed by atoms with van der Waals surface area (Å²) in [7, 11) is 0. The van der Waals surface area contributed by atoms with E-state index in [1.165, 1.54) is 11.1 Å². The molecule has 0 saturated heterocycles. The molecule has 0 aromatic heterocycles. The fourth-order valence-corrected chi connectivity index (χ4v) is 1.99. The van der Waals surface area contributed by atoms with E-state index in [1.54, 1.807) is 0 Å². The van der Waals surface area contributed by atoms with Crippen LogP contribution in [0.25, 0.3) is 0 Å². The minimum Gasteiger partial charge on any atom is -0.332 e. The van der Waals surface area contributed by atoms with Gasteiger partial charge < -0.3 is 10.6 Å². The second kappa shape index (κ2) is 5.65. The Hall–Kier alpha value is -1.87. The van der Waals surface area contributed by atoms with E-state index >= 15 is 0 Å². The molecule has 0 atom stereocenters. The first-order valence-corrected chi connectivity index (χ1v) is 6.26. The van der Waals surface area contributed by atoms with Crippen molar-refractivity contribution in [3.63, 3.8) is 0 Å². The molecule has 2 aromatic rings. The summed E-state index contributed by atoms with van der Waals surface area (Å²) >= 11 is 5.29. The largest absolute Gasteiger partial charge is 0.332 e. The molecule has 0 unspecified atom stereocenters. The van der Waals surface area contributed by atoms with E-state index in [4.69, 9.17) is 12.2 Å². The molecule has 0 saturated carbocycles. The highest BCUT2D eigenvalue weighted by molar-refractivity contribution is 7.80. The fraction of sp³-hybridized carbons (Fsp3) is 0.133. The van der Waals surface area contributed by atoms with Crippen LogP contribution in [0.1, 0.15) is 11.1 Å². The second-order valence-electron chi connectivity index (χ2n) is 4.26. The zero-order valence-electron chi connectivity index (χ0n) is 10.5. The molecule has 0 heterocycles. The van der Waals surface area contributed by atoms with Crippen molar-refractivity contribution < 1.29 is 0 Å². The standard InChI is InChI=1S/C15H16N2S/c1-11-8-9-14(12(2)10-11)17-15(18)16-13-6-4-3-5-7-13/h3-10H,1-2H3,(H2,16,17,18). The molecular weight excluding hydrogens is 240 g/mol. The molecule has 2 nitrogen and oxygen atoms in total. The zero-order valence-corrected chi connectivity index (χ0v) is 11.3. The molecule has 2 rings (SSSR count). The van der Waals surface area contributed by atoms with Gasteiger partial charge in [0.25, 0.3) is 0 Å². The van der Waals surface area contributed by atoms with Gasteiger partial charge in [0.15, 0.2) is 5.11 Å². The van der Waals surface area contributed by atoms with E-state index < -0.39 is 0 Å². The summed E-state index contributed by atoms with van der Waals surface area (Å²) in [5, 5.41) is 6.96. The van der Waals surface area contributed by atoms with E-state index in [0.717, 1.165) is 11.4 Å². The van der Waals surface area contributed by atoms with Gasteiger partial charge in [-0.2, -0.15) is 0 Å². The van der Waals surface area contributed by atoms with Gasteiger partial charge in [-0.3, -0.25) is 0 Å². The maximum absolute atomic E-state index is 5.29. The Morgan fingerprint density at radius 1 is 0.944 bits per heavy atom. The number of benzene rings is 2. The molecule has 92 valence electrons. The maximum atomic E-state index is 5.29. The molecular formula is C15H16N2S. The van der Waals surface area contributed by atoms with Crippen LogP contribution >= 0.6 is 12.2 Å². The van der Waals surface area contributed by atoms with E-state index in [-0.39, 0.29) is 0 Å². The molecule has 18 heavy (non-hydrogen) atoms.